The second-order valence-corrected chi connectivity index (χ2v) is 7.19. The topological polar surface area (TPSA) is 49.4 Å². The van der Waals surface area contributed by atoms with Crippen molar-refractivity contribution in [3.63, 3.8) is 0 Å². The number of hydrogen-bond acceptors (Lipinski definition) is 5. The molecule has 0 radical (unpaired) electrons. The molecule has 2 aliphatic heterocycles. The van der Waals surface area contributed by atoms with Gasteiger partial charge in [-0.15, -0.1) is 0 Å². The Morgan fingerprint density at radius 2 is 2.09 bits per heavy atom. The first kappa shape index (κ1) is 15.4. The van der Waals surface area contributed by atoms with Gasteiger partial charge in [-0.3, -0.25) is 4.98 Å². The molecule has 1 saturated carbocycles. The number of hydrogen-bond donors (Lipinski definition) is 2. The van der Waals surface area contributed by atoms with Crippen molar-refractivity contribution in [3.05, 3.63) is 24.0 Å². The van der Waals surface area contributed by atoms with E-state index in [9.17, 15) is 0 Å². The molecule has 5 nitrogen and oxygen atoms in total. The van der Waals surface area contributed by atoms with Crippen LogP contribution in [0.5, 0.6) is 5.75 Å². The zero-order valence-corrected chi connectivity index (χ0v) is 13.8. The van der Waals surface area contributed by atoms with E-state index in [1.165, 1.54) is 44.5 Å². The van der Waals surface area contributed by atoms with E-state index in [1.54, 1.807) is 0 Å². The van der Waals surface area contributed by atoms with E-state index >= 15 is 0 Å². The molecule has 0 aromatic carbocycles. The van der Waals surface area contributed by atoms with Crippen LogP contribution < -0.4 is 15.4 Å². The number of aromatic nitrogens is 1. The van der Waals surface area contributed by atoms with E-state index in [1.807, 2.05) is 12.4 Å². The van der Waals surface area contributed by atoms with Gasteiger partial charge in [-0.05, 0) is 55.8 Å². The van der Waals surface area contributed by atoms with Crippen LogP contribution in [0.2, 0.25) is 0 Å². The SMILES string of the molecule is c1ncc([C@H]2C[C@@H]2CCN2CCNCC2)cc1OC[C@@H]1CCN1. The lowest BCUT2D eigenvalue weighted by Gasteiger charge is -2.27. The van der Waals surface area contributed by atoms with Gasteiger partial charge in [0.25, 0.3) is 0 Å². The Balaban J connectivity index is 1.24. The lowest BCUT2D eigenvalue weighted by molar-refractivity contribution is 0.216. The van der Waals surface area contributed by atoms with Crippen LogP contribution in [-0.4, -0.2) is 61.8 Å². The summed E-state index contributed by atoms with van der Waals surface area (Å²) in [6, 6.07) is 2.74. The summed E-state index contributed by atoms with van der Waals surface area (Å²) in [5.74, 6) is 2.48. The molecule has 3 atom stereocenters. The highest BCUT2D eigenvalue weighted by atomic mass is 16.5. The fraction of sp³-hybridized carbons (Fsp3) is 0.722. The summed E-state index contributed by atoms with van der Waals surface area (Å²) in [6.45, 7) is 7.85. The fourth-order valence-electron chi connectivity index (χ4n) is 3.66. The summed E-state index contributed by atoms with van der Waals surface area (Å²) in [4.78, 5) is 6.98. The summed E-state index contributed by atoms with van der Waals surface area (Å²) in [7, 11) is 0. The van der Waals surface area contributed by atoms with Crippen molar-refractivity contribution in [1.82, 2.24) is 20.5 Å². The number of piperazine rings is 1. The van der Waals surface area contributed by atoms with Crippen LogP contribution in [0.4, 0.5) is 0 Å². The van der Waals surface area contributed by atoms with Gasteiger partial charge in [0.15, 0.2) is 0 Å². The Bertz CT molecular complexity index is 513. The lowest BCUT2D eigenvalue weighted by atomic mass is 10.1. The molecular formula is C18H28N4O. The first-order valence-corrected chi connectivity index (χ1v) is 9.13. The summed E-state index contributed by atoms with van der Waals surface area (Å²) in [5.41, 5.74) is 1.37. The highest BCUT2D eigenvalue weighted by molar-refractivity contribution is 5.30. The molecule has 126 valence electrons. The summed E-state index contributed by atoms with van der Waals surface area (Å²) >= 11 is 0. The van der Waals surface area contributed by atoms with Gasteiger partial charge in [0.2, 0.25) is 0 Å². The molecule has 23 heavy (non-hydrogen) atoms. The van der Waals surface area contributed by atoms with Crippen LogP contribution in [0.3, 0.4) is 0 Å². The van der Waals surface area contributed by atoms with Crippen molar-refractivity contribution in [2.75, 3.05) is 45.9 Å². The first-order valence-electron chi connectivity index (χ1n) is 9.13. The largest absolute Gasteiger partial charge is 0.490 e. The van der Waals surface area contributed by atoms with Crippen molar-refractivity contribution in [2.24, 2.45) is 5.92 Å². The molecule has 4 rings (SSSR count). The number of ether oxygens (including phenoxy) is 1. The van der Waals surface area contributed by atoms with E-state index in [0.717, 1.165) is 37.9 Å². The maximum Gasteiger partial charge on any atom is 0.137 e. The zero-order valence-electron chi connectivity index (χ0n) is 13.8. The van der Waals surface area contributed by atoms with Gasteiger partial charge in [0, 0.05) is 38.4 Å². The molecule has 5 heteroatoms. The smallest absolute Gasteiger partial charge is 0.137 e. The second kappa shape index (κ2) is 7.16. The predicted molar refractivity (Wildman–Crippen MR) is 90.9 cm³/mol. The van der Waals surface area contributed by atoms with Gasteiger partial charge >= 0.3 is 0 Å². The molecule has 0 bridgehead atoms. The molecule has 2 N–H and O–H groups in total. The number of nitrogens with one attached hydrogen (secondary N) is 2. The number of pyridine rings is 1. The van der Waals surface area contributed by atoms with Gasteiger partial charge < -0.3 is 20.3 Å². The maximum atomic E-state index is 5.88. The lowest BCUT2D eigenvalue weighted by Crippen LogP contribution is -2.46. The molecule has 0 spiro atoms. The Morgan fingerprint density at radius 1 is 1.22 bits per heavy atom. The van der Waals surface area contributed by atoms with E-state index in [4.69, 9.17) is 4.74 Å². The normalized spacial score (nSPS) is 30.7. The third-order valence-electron chi connectivity index (χ3n) is 5.49. The summed E-state index contributed by atoms with van der Waals surface area (Å²) < 4.78 is 5.88. The zero-order chi connectivity index (χ0) is 15.5. The molecule has 3 fully saturated rings. The van der Waals surface area contributed by atoms with Crippen LogP contribution in [0.25, 0.3) is 0 Å². The van der Waals surface area contributed by atoms with Crippen molar-refractivity contribution < 1.29 is 4.74 Å². The molecular weight excluding hydrogens is 288 g/mol. The minimum absolute atomic E-state index is 0.534. The van der Waals surface area contributed by atoms with Crippen LogP contribution in [0.15, 0.2) is 18.5 Å². The average molecular weight is 316 g/mol. The monoisotopic (exact) mass is 316 g/mol. The van der Waals surface area contributed by atoms with Crippen LogP contribution in [-0.2, 0) is 0 Å². The van der Waals surface area contributed by atoms with Crippen LogP contribution in [0.1, 0.15) is 30.7 Å². The molecule has 0 amide bonds. The Labute approximate surface area is 138 Å². The van der Waals surface area contributed by atoms with Crippen LogP contribution >= 0.6 is 0 Å². The molecule has 2 saturated heterocycles. The highest BCUT2D eigenvalue weighted by Crippen LogP contribution is 2.49. The Hall–Kier alpha value is -1.17. The second-order valence-electron chi connectivity index (χ2n) is 7.19. The minimum atomic E-state index is 0.534. The van der Waals surface area contributed by atoms with Crippen molar-refractivity contribution in [3.8, 4) is 5.75 Å². The number of rotatable bonds is 7. The predicted octanol–water partition coefficient (Wildman–Crippen LogP) is 1.22. The van der Waals surface area contributed by atoms with Crippen molar-refractivity contribution >= 4 is 0 Å². The average Bonchev–Trinajstić information content (AvgIpc) is 3.33. The van der Waals surface area contributed by atoms with Crippen molar-refractivity contribution in [1.29, 1.82) is 0 Å². The molecule has 1 aromatic rings. The van der Waals surface area contributed by atoms with Gasteiger partial charge in [0.1, 0.15) is 12.4 Å². The van der Waals surface area contributed by atoms with E-state index in [2.05, 4.69) is 26.6 Å². The minimum Gasteiger partial charge on any atom is -0.490 e. The van der Waals surface area contributed by atoms with E-state index < -0.39 is 0 Å². The van der Waals surface area contributed by atoms with Gasteiger partial charge in [-0.25, -0.2) is 0 Å². The van der Waals surface area contributed by atoms with Gasteiger partial charge in [-0.2, -0.15) is 0 Å². The fourth-order valence-corrected chi connectivity index (χ4v) is 3.66. The van der Waals surface area contributed by atoms with Gasteiger partial charge in [-0.1, -0.05) is 0 Å². The molecule has 1 aliphatic carbocycles. The van der Waals surface area contributed by atoms with Crippen LogP contribution in [0, 0.1) is 5.92 Å². The van der Waals surface area contributed by atoms with Gasteiger partial charge in [0.05, 0.1) is 6.20 Å². The highest BCUT2D eigenvalue weighted by Gasteiger charge is 2.38. The van der Waals surface area contributed by atoms with Crippen molar-refractivity contribution in [2.45, 2.75) is 31.2 Å². The third kappa shape index (κ3) is 4.03. The molecule has 3 aliphatic rings. The molecule has 3 heterocycles. The molecule has 1 aromatic heterocycles. The first-order chi connectivity index (χ1) is 11.4. The maximum absolute atomic E-state index is 5.88. The summed E-state index contributed by atoms with van der Waals surface area (Å²) in [5, 5.41) is 6.78. The standard InChI is InChI=1S/C18H28N4O/c1-3-21-16(1)13-23-17-9-15(11-20-12-17)18-10-14(18)2-6-22-7-4-19-5-8-22/h9,11-12,14,16,18-19,21H,1-8,10,13H2/t14-,16-,18-/m0/s1. The quantitative estimate of drug-likeness (QED) is 0.792. The summed E-state index contributed by atoms with van der Waals surface area (Å²) in [6.07, 6.45) is 7.75. The van der Waals surface area contributed by atoms with E-state index in [-0.39, 0.29) is 0 Å². The Morgan fingerprint density at radius 3 is 2.87 bits per heavy atom. The van der Waals surface area contributed by atoms with E-state index in [0.29, 0.717) is 12.0 Å². The Kier molecular flexibility index (Phi) is 4.78. The third-order valence-corrected chi connectivity index (χ3v) is 5.49. The number of nitrogens with zero attached hydrogens (tertiary/aromatic N) is 2. The molecule has 0 unspecified atom stereocenters.